The summed E-state index contributed by atoms with van der Waals surface area (Å²) in [6.45, 7) is 14.5. The minimum atomic E-state index is -0.474. The van der Waals surface area contributed by atoms with Crippen LogP contribution in [0.2, 0.25) is 0 Å². The van der Waals surface area contributed by atoms with E-state index in [0.29, 0.717) is 43.7 Å². The van der Waals surface area contributed by atoms with E-state index in [9.17, 15) is 0 Å². The van der Waals surface area contributed by atoms with Crippen LogP contribution in [0.5, 0.6) is 23.0 Å². The topological polar surface area (TPSA) is 159 Å². The Hall–Kier alpha value is -4.14. The first kappa shape index (κ1) is 33.2. The number of halogens is 1. The molecule has 0 unspecified atom stereocenters. The highest BCUT2D eigenvalue weighted by atomic mass is 79.9. The quantitative estimate of drug-likeness (QED) is 0.280. The van der Waals surface area contributed by atoms with Gasteiger partial charge in [-0.15, -0.1) is 0 Å². The molecule has 46 heavy (non-hydrogen) atoms. The summed E-state index contributed by atoms with van der Waals surface area (Å²) < 4.78 is 34.6. The van der Waals surface area contributed by atoms with Crippen LogP contribution in [0.25, 0.3) is 11.3 Å². The molecule has 2 aromatic heterocycles. The number of aromatic nitrogens is 4. The van der Waals surface area contributed by atoms with Crippen LogP contribution >= 0.6 is 15.9 Å². The molecule has 1 fully saturated rings. The van der Waals surface area contributed by atoms with Gasteiger partial charge in [0.05, 0.1) is 41.1 Å². The largest absolute Gasteiger partial charge is 0.516 e. The number of ether oxygens (including phenoxy) is 4. The van der Waals surface area contributed by atoms with E-state index in [1.165, 1.54) is 11.8 Å². The fourth-order valence-electron chi connectivity index (χ4n) is 4.54. The molecule has 3 aliphatic rings. The van der Waals surface area contributed by atoms with Crippen molar-refractivity contribution in [1.29, 1.82) is 0 Å². The number of nitrogens with zero attached hydrogens (tertiary/aromatic N) is 4. The van der Waals surface area contributed by atoms with E-state index in [4.69, 9.17) is 39.7 Å². The lowest BCUT2D eigenvalue weighted by Crippen LogP contribution is -2.41. The summed E-state index contributed by atoms with van der Waals surface area (Å²) in [5.41, 5.74) is 14.9. The number of fused-ring (bicyclic) bond motifs is 2. The predicted octanol–water partition coefficient (Wildman–Crippen LogP) is 4.69. The van der Waals surface area contributed by atoms with Crippen LogP contribution in [-0.2, 0) is 9.31 Å². The first-order valence-corrected chi connectivity index (χ1v) is 15.6. The highest BCUT2D eigenvalue weighted by molar-refractivity contribution is 9.10. The Balaban J connectivity index is 0.000000139. The van der Waals surface area contributed by atoms with E-state index in [1.807, 2.05) is 65.8 Å². The Bertz CT molecular complexity index is 1630. The maximum atomic E-state index is 5.82. The van der Waals surface area contributed by atoms with Crippen LogP contribution in [0.1, 0.15) is 38.8 Å². The Kier molecular flexibility index (Phi) is 9.89. The maximum absolute atomic E-state index is 5.82. The summed E-state index contributed by atoms with van der Waals surface area (Å²) in [5.74, 6) is 4.02. The van der Waals surface area contributed by atoms with E-state index < -0.39 is 7.12 Å². The minimum absolute atomic E-state index is 0.360. The normalized spacial score (nSPS) is 16.8. The first-order chi connectivity index (χ1) is 21.8. The SMILES string of the molecule is CC1(C)OB(c2cnc(N)cn2)OC1(C)C.Cc1cc2c(cc1-c1cnc(N)cn1)OCCO2.Cc1cc2c(cc1Br)OCCO2. The average Bonchev–Trinajstić information content (AvgIpc) is 3.25. The summed E-state index contributed by atoms with van der Waals surface area (Å²) >= 11 is 3.44. The van der Waals surface area contributed by atoms with Gasteiger partial charge >= 0.3 is 7.12 Å². The predicted molar refractivity (Wildman–Crippen MR) is 180 cm³/mol. The second kappa shape index (κ2) is 13.7. The second-order valence-corrected chi connectivity index (χ2v) is 12.7. The molecular weight excluding hydrogens is 655 g/mol. The molecule has 7 rings (SSSR count). The van der Waals surface area contributed by atoms with Crippen molar-refractivity contribution in [2.45, 2.75) is 52.7 Å². The lowest BCUT2D eigenvalue weighted by atomic mass is 9.85. The summed E-state index contributed by atoms with van der Waals surface area (Å²) in [6, 6.07) is 7.83. The maximum Gasteiger partial charge on any atom is 0.516 e. The average molecular weight is 693 g/mol. The van der Waals surface area contributed by atoms with Crippen molar-refractivity contribution in [3.8, 4) is 34.3 Å². The molecule has 5 heterocycles. The van der Waals surface area contributed by atoms with Gasteiger partial charge in [0.1, 0.15) is 38.1 Å². The number of benzene rings is 2. The standard InChI is InChI=1S/C13H13N3O2.C10H16BN3O2.C9H9BrO2/c1-8-4-11-12(18-3-2-17-11)5-9(8)10-6-16-13(14)7-15-10;1-9(2)10(3,4)16-11(15-9)7-5-14-8(12)6-13-7;1-6-4-8-9(5-7(6)10)12-3-2-11-8/h4-7H,2-3H2,1H3,(H2,14,16);5-6H,1-4H3,(H2,12,14);4-5H,2-3H2,1H3. The van der Waals surface area contributed by atoms with E-state index in [-0.39, 0.29) is 11.2 Å². The molecule has 1 saturated heterocycles. The number of hydrogen-bond acceptors (Lipinski definition) is 12. The van der Waals surface area contributed by atoms with Crippen molar-refractivity contribution in [2.75, 3.05) is 37.9 Å². The van der Waals surface area contributed by atoms with Gasteiger partial charge in [-0.25, -0.2) is 9.97 Å². The zero-order chi connectivity index (χ0) is 33.1. The molecule has 0 atom stereocenters. The van der Waals surface area contributed by atoms with Gasteiger partial charge in [-0.3, -0.25) is 9.97 Å². The van der Waals surface area contributed by atoms with E-state index in [1.54, 1.807) is 18.6 Å². The van der Waals surface area contributed by atoms with E-state index in [0.717, 1.165) is 44.3 Å². The van der Waals surface area contributed by atoms with Gasteiger partial charge < -0.3 is 39.7 Å². The highest BCUT2D eigenvalue weighted by Gasteiger charge is 2.52. The van der Waals surface area contributed by atoms with Crippen LogP contribution in [0.15, 0.2) is 53.5 Å². The Morgan fingerprint density at radius 2 is 1.11 bits per heavy atom. The van der Waals surface area contributed by atoms with Gasteiger partial charge in [0.15, 0.2) is 23.0 Å². The van der Waals surface area contributed by atoms with Crippen molar-refractivity contribution in [3.63, 3.8) is 0 Å². The van der Waals surface area contributed by atoms with Crippen molar-refractivity contribution < 1.29 is 28.3 Å². The number of anilines is 2. The van der Waals surface area contributed by atoms with Crippen LogP contribution in [-0.4, -0.2) is 64.7 Å². The lowest BCUT2D eigenvalue weighted by molar-refractivity contribution is 0.00578. The summed E-state index contributed by atoms with van der Waals surface area (Å²) in [5, 5.41) is 0. The number of rotatable bonds is 2. The molecule has 14 heteroatoms. The molecule has 0 amide bonds. The Morgan fingerprint density at radius 1 is 0.630 bits per heavy atom. The third kappa shape index (κ3) is 7.63. The van der Waals surface area contributed by atoms with E-state index in [2.05, 4.69) is 35.9 Å². The van der Waals surface area contributed by atoms with Gasteiger partial charge in [0, 0.05) is 16.2 Å². The van der Waals surface area contributed by atoms with Crippen LogP contribution in [0.4, 0.5) is 11.6 Å². The fraction of sp³-hybridized carbons (Fsp3) is 0.375. The third-order valence-corrected chi connectivity index (χ3v) is 8.70. The Labute approximate surface area is 277 Å². The van der Waals surface area contributed by atoms with Gasteiger partial charge in [-0.2, -0.15) is 0 Å². The molecule has 0 saturated carbocycles. The smallest absolute Gasteiger partial charge is 0.486 e. The Morgan fingerprint density at radius 3 is 1.61 bits per heavy atom. The van der Waals surface area contributed by atoms with E-state index >= 15 is 0 Å². The molecule has 0 bridgehead atoms. The molecular formula is C32H38BBrN6O6. The van der Waals surface area contributed by atoms with Gasteiger partial charge in [0.25, 0.3) is 0 Å². The summed E-state index contributed by atoms with van der Waals surface area (Å²) in [6.07, 6.45) is 6.29. The second-order valence-electron chi connectivity index (χ2n) is 11.8. The third-order valence-electron chi connectivity index (χ3n) is 7.85. The van der Waals surface area contributed by atoms with Crippen LogP contribution < -0.4 is 36.0 Å². The molecule has 0 spiro atoms. The molecule has 242 valence electrons. The monoisotopic (exact) mass is 692 g/mol. The number of nitrogen functional groups attached to an aromatic ring is 2. The van der Waals surface area contributed by atoms with Crippen LogP contribution in [0.3, 0.4) is 0 Å². The zero-order valence-corrected chi connectivity index (χ0v) is 28.4. The molecule has 0 aliphatic carbocycles. The number of hydrogen-bond donors (Lipinski definition) is 2. The molecule has 4 N–H and O–H groups in total. The van der Waals surface area contributed by atoms with Crippen molar-refractivity contribution in [3.05, 3.63) is 64.7 Å². The number of aryl methyl sites for hydroxylation is 2. The molecule has 12 nitrogen and oxygen atoms in total. The fourth-order valence-corrected chi connectivity index (χ4v) is 4.87. The van der Waals surface area contributed by atoms with Gasteiger partial charge in [-0.05, 0) is 76.9 Å². The van der Waals surface area contributed by atoms with Crippen LogP contribution in [0, 0.1) is 13.8 Å². The highest BCUT2D eigenvalue weighted by Crippen LogP contribution is 2.38. The van der Waals surface area contributed by atoms with Crippen molar-refractivity contribution in [2.24, 2.45) is 0 Å². The van der Waals surface area contributed by atoms with Gasteiger partial charge in [0.2, 0.25) is 0 Å². The summed E-state index contributed by atoms with van der Waals surface area (Å²) in [4.78, 5) is 16.5. The molecule has 3 aliphatic heterocycles. The zero-order valence-electron chi connectivity index (χ0n) is 26.8. The van der Waals surface area contributed by atoms with Crippen molar-refractivity contribution >= 4 is 40.3 Å². The number of nitrogens with two attached hydrogens (primary N) is 2. The van der Waals surface area contributed by atoms with Gasteiger partial charge in [-0.1, -0.05) is 15.9 Å². The molecule has 2 aromatic carbocycles. The minimum Gasteiger partial charge on any atom is -0.486 e. The lowest BCUT2D eigenvalue weighted by Gasteiger charge is -2.32. The summed E-state index contributed by atoms with van der Waals surface area (Å²) in [7, 11) is -0.474. The van der Waals surface area contributed by atoms with Crippen molar-refractivity contribution in [1.82, 2.24) is 19.9 Å². The molecule has 0 radical (unpaired) electrons. The first-order valence-electron chi connectivity index (χ1n) is 14.8. The molecule has 4 aromatic rings.